The Morgan fingerprint density at radius 3 is 2.50 bits per heavy atom. The van der Waals surface area contributed by atoms with Gasteiger partial charge in [0, 0.05) is 13.1 Å². The molecule has 0 saturated carbocycles. The molecular weight excluding hydrogens is 426 g/mol. The molecule has 1 saturated heterocycles. The van der Waals surface area contributed by atoms with E-state index in [2.05, 4.69) is 10.6 Å². The third kappa shape index (κ3) is 5.24. The topological polar surface area (TPSA) is 87.7 Å². The Morgan fingerprint density at radius 1 is 1.10 bits per heavy atom. The number of sulfonamides is 1. The fraction of sp³-hybridized carbons (Fsp3) is 0.381. The Kier molecular flexibility index (Phi) is 7.23. The normalized spacial score (nSPS) is 14.9. The van der Waals surface area contributed by atoms with Gasteiger partial charge in [-0.15, -0.1) is 0 Å². The number of nitrogens with one attached hydrogen (secondary N) is 2. The second-order valence-corrected chi connectivity index (χ2v) is 9.56. The van der Waals surface area contributed by atoms with Crippen LogP contribution in [0.15, 0.2) is 41.3 Å². The number of halogens is 1. The summed E-state index contributed by atoms with van der Waals surface area (Å²) in [7, 11) is -2.15. The Morgan fingerprint density at radius 2 is 1.83 bits per heavy atom. The lowest BCUT2D eigenvalue weighted by molar-refractivity contribution is -0.114. The van der Waals surface area contributed by atoms with Gasteiger partial charge in [-0.25, -0.2) is 8.42 Å². The molecule has 0 aliphatic carbocycles. The third-order valence-corrected chi connectivity index (χ3v) is 7.17. The van der Waals surface area contributed by atoms with Crippen molar-refractivity contribution in [3.63, 3.8) is 0 Å². The summed E-state index contributed by atoms with van der Waals surface area (Å²) in [6, 6.07) is 10.0. The first kappa shape index (κ1) is 22.4. The van der Waals surface area contributed by atoms with Gasteiger partial charge in [0.15, 0.2) is 0 Å². The minimum atomic E-state index is -3.62. The highest BCUT2D eigenvalue weighted by molar-refractivity contribution is 7.89. The van der Waals surface area contributed by atoms with E-state index in [1.165, 1.54) is 23.5 Å². The van der Waals surface area contributed by atoms with E-state index < -0.39 is 10.0 Å². The third-order valence-electron chi connectivity index (χ3n) is 4.96. The lowest BCUT2D eigenvalue weighted by Gasteiger charge is -2.26. The fourth-order valence-corrected chi connectivity index (χ4v) is 5.18. The number of hydrogen-bond donors (Lipinski definition) is 2. The number of aryl methyl sites for hydroxylation is 1. The van der Waals surface area contributed by atoms with Crippen LogP contribution in [0.1, 0.15) is 24.8 Å². The summed E-state index contributed by atoms with van der Waals surface area (Å²) in [5.41, 5.74) is 1.97. The summed E-state index contributed by atoms with van der Waals surface area (Å²) < 4.78 is 32.7. The van der Waals surface area contributed by atoms with Gasteiger partial charge in [-0.2, -0.15) is 4.31 Å². The summed E-state index contributed by atoms with van der Waals surface area (Å²) in [5, 5.41) is 6.23. The van der Waals surface area contributed by atoms with Crippen LogP contribution in [-0.2, 0) is 14.8 Å². The van der Waals surface area contributed by atoms with E-state index in [1.54, 1.807) is 18.2 Å². The summed E-state index contributed by atoms with van der Waals surface area (Å²) >= 11 is 6.18. The van der Waals surface area contributed by atoms with Gasteiger partial charge in [0.2, 0.25) is 15.9 Å². The highest BCUT2D eigenvalue weighted by atomic mass is 35.5. The molecule has 2 N–H and O–H groups in total. The van der Waals surface area contributed by atoms with E-state index in [1.807, 2.05) is 13.0 Å². The Labute approximate surface area is 182 Å². The summed E-state index contributed by atoms with van der Waals surface area (Å²) in [4.78, 5) is 12.6. The van der Waals surface area contributed by atoms with Gasteiger partial charge in [0.05, 0.1) is 34.9 Å². The fourth-order valence-electron chi connectivity index (χ4n) is 3.33. The SMILES string of the molecule is COc1ccc(S(=O)(=O)N2CCCCC2)cc1NC(=O)CNc1ccc(C)cc1Cl. The first-order valence-electron chi connectivity index (χ1n) is 9.79. The van der Waals surface area contributed by atoms with Crippen LogP contribution < -0.4 is 15.4 Å². The maximum absolute atomic E-state index is 12.9. The van der Waals surface area contributed by atoms with Crippen molar-refractivity contribution in [2.75, 3.05) is 37.4 Å². The minimum absolute atomic E-state index is 0.0327. The Bertz CT molecular complexity index is 1020. The molecule has 162 valence electrons. The van der Waals surface area contributed by atoms with Gasteiger partial charge in [0.1, 0.15) is 5.75 Å². The van der Waals surface area contributed by atoms with Crippen molar-refractivity contribution in [1.29, 1.82) is 0 Å². The van der Waals surface area contributed by atoms with E-state index >= 15 is 0 Å². The molecular formula is C21H26ClN3O4S. The molecule has 30 heavy (non-hydrogen) atoms. The standard InChI is InChI=1S/C21H26ClN3O4S/c1-15-6-8-18(17(22)12-15)23-14-21(26)24-19-13-16(7-9-20(19)29-2)30(27,28)25-10-4-3-5-11-25/h6-9,12-13,23H,3-5,10-11,14H2,1-2H3,(H,24,26). The molecule has 1 aliphatic rings. The minimum Gasteiger partial charge on any atom is -0.495 e. The van der Waals surface area contributed by atoms with Crippen molar-refractivity contribution in [2.24, 2.45) is 0 Å². The number of benzene rings is 2. The monoisotopic (exact) mass is 451 g/mol. The molecule has 1 amide bonds. The summed E-state index contributed by atoms with van der Waals surface area (Å²) in [6.45, 7) is 2.92. The smallest absolute Gasteiger partial charge is 0.243 e. The average molecular weight is 452 g/mol. The Hall–Kier alpha value is -2.29. The second-order valence-electron chi connectivity index (χ2n) is 7.21. The van der Waals surface area contributed by atoms with Gasteiger partial charge >= 0.3 is 0 Å². The van der Waals surface area contributed by atoms with E-state index in [9.17, 15) is 13.2 Å². The number of anilines is 2. The van der Waals surface area contributed by atoms with Gasteiger partial charge in [-0.1, -0.05) is 24.1 Å². The molecule has 0 unspecified atom stereocenters. The quantitative estimate of drug-likeness (QED) is 0.666. The molecule has 1 aliphatic heterocycles. The molecule has 3 rings (SSSR count). The Balaban J connectivity index is 1.74. The molecule has 0 bridgehead atoms. The molecule has 1 fully saturated rings. The van der Waals surface area contributed by atoms with Gasteiger partial charge in [0.25, 0.3) is 0 Å². The zero-order valence-electron chi connectivity index (χ0n) is 17.1. The molecule has 2 aromatic rings. The molecule has 0 aromatic heterocycles. The first-order valence-corrected chi connectivity index (χ1v) is 11.6. The van der Waals surface area contributed by atoms with Crippen LogP contribution in [0.4, 0.5) is 11.4 Å². The summed E-state index contributed by atoms with van der Waals surface area (Å²) in [6.07, 6.45) is 2.74. The lowest BCUT2D eigenvalue weighted by Crippen LogP contribution is -2.35. The number of amides is 1. The van der Waals surface area contributed by atoms with Gasteiger partial charge in [-0.3, -0.25) is 4.79 Å². The number of carbonyl (C=O) groups is 1. The molecule has 7 nitrogen and oxygen atoms in total. The van der Waals surface area contributed by atoms with Crippen LogP contribution in [0.3, 0.4) is 0 Å². The van der Waals surface area contributed by atoms with Gasteiger partial charge < -0.3 is 15.4 Å². The van der Waals surface area contributed by atoms with E-state index in [0.717, 1.165) is 24.8 Å². The van der Waals surface area contributed by atoms with Crippen LogP contribution in [0, 0.1) is 6.92 Å². The molecule has 0 radical (unpaired) electrons. The molecule has 2 aromatic carbocycles. The number of nitrogens with zero attached hydrogens (tertiary/aromatic N) is 1. The predicted octanol–water partition coefficient (Wildman–Crippen LogP) is 3.88. The van der Waals surface area contributed by atoms with Crippen molar-refractivity contribution in [3.05, 3.63) is 47.0 Å². The van der Waals surface area contributed by atoms with Gasteiger partial charge in [-0.05, 0) is 55.7 Å². The zero-order chi connectivity index (χ0) is 21.7. The average Bonchev–Trinajstić information content (AvgIpc) is 2.73. The van der Waals surface area contributed by atoms with Crippen LogP contribution in [0.5, 0.6) is 5.75 Å². The van der Waals surface area contributed by atoms with Crippen molar-refractivity contribution < 1.29 is 17.9 Å². The number of piperidine rings is 1. The molecule has 0 spiro atoms. The van der Waals surface area contributed by atoms with E-state index in [4.69, 9.17) is 16.3 Å². The second kappa shape index (κ2) is 9.68. The highest BCUT2D eigenvalue weighted by Crippen LogP contribution is 2.30. The van der Waals surface area contributed by atoms with Crippen molar-refractivity contribution in [1.82, 2.24) is 4.31 Å². The number of methoxy groups -OCH3 is 1. The maximum atomic E-state index is 12.9. The van der Waals surface area contributed by atoms with Crippen molar-refractivity contribution in [2.45, 2.75) is 31.1 Å². The van der Waals surface area contributed by atoms with E-state index in [0.29, 0.717) is 35.2 Å². The first-order chi connectivity index (χ1) is 14.3. The van der Waals surface area contributed by atoms with Crippen molar-refractivity contribution >= 4 is 38.9 Å². The maximum Gasteiger partial charge on any atom is 0.243 e. The van der Waals surface area contributed by atoms with Crippen LogP contribution >= 0.6 is 11.6 Å². The number of hydrogen-bond acceptors (Lipinski definition) is 5. The number of carbonyl (C=O) groups excluding carboxylic acids is 1. The van der Waals surface area contributed by atoms with Crippen LogP contribution in [-0.4, -0.2) is 45.4 Å². The molecule has 9 heteroatoms. The summed E-state index contributed by atoms with van der Waals surface area (Å²) in [5.74, 6) is 0.0341. The zero-order valence-corrected chi connectivity index (χ0v) is 18.6. The van der Waals surface area contributed by atoms with Crippen LogP contribution in [0.2, 0.25) is 5.02 Å². The number of rotatable bonds is 7. The van der Waals surface area contributed by atoms with E-state index in [-0.39, 0.29) is 17.3 Å². The predicted molar refractivity (Wildman–Crippen MR) is 119 cm³/mol. The van der Waals surface area contributed by atoms with Crippen LogP contribution in [0.25, 0.3) is 0 Å². The lowest BCUT2D eigenvalue weighted by atomic mass is 10.2. The molecule has 1 heterocycles. The number of ether oxygens (including phenoxy) is 1. The van der Waals surface area contributed by atoms with Crippen molar-refractivity contribution in [3.8, 4) is 5.75 Å². The largest absolute Gasteiger partial charge is 0.495 e. The molecule has 0 atom stereocenters. The highest BCUT2D eigenvalue weighted by Gasteiger charge is 2.27.